The minimum absolute atomic E-state index is 0.106. The number of hydrogen-bond acceptors (Lipinski definition) is 7. The number of rotatable bonds is 8. The summed E-state index contributed by atoms with van der Waals surface area (Å²) < 4.78 is 37.0. The van der Waals surface area contributed by atoms with Crippen molar-refractivity contribution in [2.24, 2.45) is 0 Å². The first-order chi connectivity index (χ1) is 15.6. The maximum atomic E-state index is 12.9. The van der Waals surface area contributed by atoms with Crippen molar-refractivity contribution in [3.8, 4) is 0 Å². The number of ether oxygens (including phenoxy) is 2. The van der Waals surface area contributed by atoms with Crippen LogP contribution in [0.1, 0.15) is 69.2 Å². The summed E-state index contributed by atoms with van der Waals surface area (Å²) in [7, 11) is -3.59. The van der Waals surface area contributed by atoms with E-state index in [1.54, 1.807) is 20.8 Å². The lowest BCUT2D eigenvalue weighted by Gasteiger charge is -2.16. The maximum absolute atomic E-state index is 12.9. The Kier molecular flexibility index (Phi) is 7.38. The lowest BCUT2D eigenvalue weighted by atomic mass is 10.1. The molecular weight excluding hydrogens is 448 g/mol. The van der Waals surface area contributed by atoms with Crippen LogP contribution in [0, 0.1) is 13.8 Å². The van der Waals surface area contributed by atoms with Crippen LogP contribution in [-0.4, -0.2) is 61.2 Å². The van der Waals surface area contributed by atoms with Gasteiger partial charge >= 0.3 is 11.9 Å². The van der Waals surface area contributed by atoms with Crippen LogP contribution in [0.3, 0.4) is 0 Å². The van der Waals surface area contributed by atoms with Gasteiger partial charge in [-0.2, -0.15) is 4.31 Å². The molecule has 1 aliphatic heterocycles. The van der Waals surface area contributed by atoms with Crippen molar-refractivity contribution in [3.63, 3.8) is 0 Å². The van der Waals surface area contributed by atoms with Gasteiger partial charge in [0.05, 0.1) is 28.3 Å². The molecule has 1 aliphatic rings. The van der Waals surface area contributed by atoms with Gasteiger partial charge in [-0.25, -0.2) is 18.0 Å². The highest BCUT2D eigenvalue weighted by atomic mass is 32.2. The molecule has 9 nitrogen and oxygen atoms in total. The lowest BCUT2D eigenvalue weighted by Crippen LogP contribution is -2.28. The number of aromatic nitrogens is 1. The Labute approximate surface area is 193 Å². The molecule has 2 heterocycles. The van der Waals surface area contributed by atoms with E-state index in [1.807, 2.05) is 0 Å². The zero-order chi connectivity index (χ0) is 24.3. The monoisotopic (exact) mass is 476 g/mol. The average molecular weight is 477 g/mol. The van der Waals surface area contributed by atoms with E-state index in [2.05, 4.69) is 4.98 Å². The Hall–Kier alpha value is -2.98. The predicted octanol–water partition coefficient (Wildman–Crippen LogP) is 3.02. The van der Waals surface area contributed by atoms with Crippen molar-refractivity contribution in [2.45, 2.75) is 51.5 Å². The topological polar surface area (TPSA) is 123 Å². The molecule has 1 N–H and O–H groups in total. The maximum Gasteiger partial charge on any atom is 0.340 e. The van der Waals surface area contributed by atoms with Crippen LogP contribution in [0.2, 0.25) is 0 Å². The molecule has 33 heavy (non-hydrogen) atoms. The first-order valence-corrected chi connectivity index (χ1v) is 12.2. The number of hydrogen-bond donors (Lipinski definition) is 1. The molecule has 1 fully saturated rings. The summed E-state index contributed by atoms with van der Waals surface area (Å²) in [6.45, 7) is 7.59. The number of sulfonamides is 1. The third-order valence-corrected chi connectivity index (χ3v) is 7.52. The average Bonchev–Trinajstić information content (AvgIpc) is 3.42. The molecule has 0 radical (unpaired) electrons. The summed E-state index contributed by atoms with van der Waals surface area (Å²) in [4.78, 5) is 40.5. The van der Waals surface area contributed by atoms with Gasteiger partial charge in [-0.1, -0.05) is 0 Å². The van der Waals surface area contributed by atoms with E-state index in [9.17, 15) is 22.8 Å². The summed E-state index contributed by atoms with van der Waals surface area (Å²) >= 11 is 0. The van der Waals surface area contributed by atoms with Crippen molar-refractivity contribution in [1.29, 1.82) is 0 Å². The van der Waals surface area contributed by atoms with E-state index < -0.39 is 33.8 Å². The van der Waals surface area contributed by atoms with E-state index in [1.165, 1.54) is 35.5 Å². The smallest absolute Gasteiger partial charge is 0.340 e. The van der Waals surface area contributed by atoms with Crippen LogP contribution < -0.4 is 0 Å². The number of H-pyrrole nitrogens is 1. The van der Waals surface area contributed by atoms with Crippen LogP contribution in [0.5, 0.6) is 0 Å². The van der Waals surface area contributed by atoms with Gasteiger partial charge in [0, 0.05) is 18.8 Å². The van der Waals surface area contributed by atoms with Gasteiger partial charge in [-0.15, -0.1) is 0 Å². The van der Waals surface area contributed by atoms with Gasteiger partial charge in [0.2, 0.25) is 15.8 Å². The Balaban J connectivity index is 1.71. The Morgan fingerprint density at radius 3 is 2.24 bits per heavy atom. The van der Waals surface area contributed by atoms with Gasteiger partial charge in [0.15, 0.2) is 6.10 Å². The minimum atomic E-state index is -3.59. The quantitative estimate of drug-likeness (QED) is 0.459. The highest BCUT2D eigenvalue weighted by Crippen LogP contribution is 2.23. The number of nitrogens with zero attached hydrogens (tertiary/aromatic N) is 1. The first-order valence-electron chi connectivity index (χ1n) is 10.8. The van der Waals surface area contributed by atoms with Gasteiger partial charge in [0.25, 0.3) is 0 Å². The van der Waals surface area contributed by atoms with E-state index in [4.69, 9.17) is 9.47 Å². The number of esters is 2. The minimum Gasteiger partial charge on any atom is -0.462 e. The largest absolute Gasteiger partial charge is 0.462 e. The Bertz CT molecular complexity index is 1160. The highest BCUT2D eigenvalue weighted by molar-refractivity contribution is 7.89. The Morgan fingerprint density at radius 1 is 1.06 bits per heavy atom. The van der Waals surface area contributed by atoms with Crippen LogP contribution in [0.4, 0.5) is 0 Å². The zero-order valence-corrected chi connectivity index (χ0v) is 20.0. The molecule has 0 bridgehead atoms. The van der Waals surface area contributed by atoms with Gasteiger partial charge in [0.1, 0.15) is 0 Å². The van der Waals surface area contributed by atoms with Crippen LogP contribution in [0.25, 0.3) is 0 Å². The number of ketones is 1. The number of aromatic amines is 1. The first kappa shape index (κ1) is 24.7. The van der Waals surface area contributed by atoms with Crippen LogP contribution >= 0.6 is 0 Å². The van der Waals surface area contributed by atoms with Crippen molar-refractivity contribution < 1.29 is 32.3 Å². The predicted molar refractivity (Wildman–Crippen MR) is 120 cm³/mol. The van der Waals surface area contributed by atoms with E-state index in [0.29, 0.717) is 24.3 Å². The van der Waals surface area contributed by atoms with Crippen LogP contribution in [-0.2, 0) is 19.5 Å². The number of nitrogens with one attached hydrogen (secondary N) is 1. The number of aryl methyl sites for hydroxylation is 1. The lowest BCUT2D eigenvalue weighted by molar-refractivity contribution is 0.0316. The molecule has 0 saturated carbocycles. The zero-order valence-electron chi connectivity index (χ0n) is 19.1. The number of Topliss-reactive ketones (excluding diaryl/α,β-unsaturated/α-hetero) is 1. The molecule has 10 heteroatoms. The molecule has 0 unspecified atom stereocenters. The standard InChI is InChI=1S/C23H28N2O7S/c1-5-31-23(28)19-14(2)20(24-15(19)3)21(26)16(4)32-22(27)17-8-10-18(11-9-17)33(29,30)25-12-6-7-13-25/h8-11,16,24H,5-7,12-13H2,1-4H3/t16-/m0/s1. The van der Waals surface area contributed by atoms with E-state index in [0.717, 1.165) is 12.8 Å². The number of carbonyl (C=O) groups excluding carboxylic acids is 3. The third-order valence-electron chi connectivity index (χ3n) is 5.61. The van der Waals surface area contributed by atoms with Crippen molar-refractivity contribution in [1.82, 2.24) is 9.29 Å². The summed E-state index contributed by atoms with van der Waals surface area (Å²) in [5, 5.41) is 0. The molecule has 1 aromatic carbocycles. The molecule has 1 aromatic heterocycles. The SMILES string of the molecule is CCOC(=O)c1c(C)[nH]c(C(=O)[C@H](C)OC(=O)c2ccc(S(=O)(=O)N3CCCC3)cc2)c1C. The van der Waals surface area contributed by atoms with Gasteiger partial charge < -0.3 is 14.5 Å². The molecule has 3 rings (SSSR count). The van der Waals surface area contributed by atoms with Gasteiger partial charge in [-0.3, -0.25) is 4.79 Å². The van der Waals surface area contributed by atoms with Crippen molar-refractivity contribution >= 4 is 27.7 Å². The molecule has 2 aromatic rings. The van der Waals surface area contributed by atoms with E-state index in [-0.39, 0.29) is 28.3 Å². The van der Waals surface area contributed by atoms with Crippen molar-refractivity contribution in [2.75, 3.05) is 19.7 Å². The summed E-state index contributed by atoms with van der Waals surface area (Å²) in [5.41, 5.74) is 1.50. The molecule has 0 spiro atoms. The van der Waals surface area contributed by atoms with Crippen molar-refractivity contribution in [3.05, 3.63) is 52.3 Å². The summed E-state index contributed by atoms with van der Waals surface area (Å²) in [6, 6.07) is 5.46. The molecule has 1 saturated heterocycles. The second-order valence-corrected chi connectivity index (χ2v) is 9.83. The normalized spacial score (nSPS) is 15.3. The summed E-state index contributed by atoms with van der Waals surface area (Å²) in [5.74, 6) is -1.78. The third kappa shape index (κ3) is 5.01. The fourth-order valence-electron chi connectivity index (χ4n) is 3.83. The molecule has 0 amide bonds. The Morgan fingerprint density at radius 2 is 1.67 bits per heavy atom. The number of carbonyl (C=O) groups is 3. The fraction of sp³-hybridized carbons (Fsp3) is 0.435. The number of benzene rings is 1. The highest BCUT2D eigenvalue weighted by Gasteiger charge is 2.29. The fourth-order valence-corrected chi connectivity index (χ4v) is 5.35. The summed E-state index contributed by atoms with van der Waals surface area (Å²) in [6.07, 6.45) is 0.533. The second-order valence-electron chi connectivity index (χ2n) is 7.89. The second kappa shape index (κ2) is 9.88. The molecule has 1 atom stereocenters. The molecular formula is C23H28N2O7S. The van der Waals surface area contributed by atoms with Gasteiger partial charge in [-0.05, 0) is 70.4 Å². The molecule has 0 aliphatic carbocycles. The van der Waals surface area contributed by atoms with Crippen LogP contribution in [0.15, 0.2) is 29.2 Å². The molecule has 178 valence electrons. The van der Waals surface area contributed by atoms with E-state index >= 15 is 0 Å².